The molecule has 1 unspecified atom stereocenters. The predicted molar refractivity (Wildman–Crippen MR) is 110 cm³/mol. The third-order valence-electron chi connectivity index (χ3n) is 5.42. The highest BCUT2D eigenvalue weighted by Gasteiger charge is 2.53. The zero-order chi connectivity index (χ0) is 20.6. The molecule has 2 heterocycles. The number of halogens is 2. The Balaban J connectivity index is 1.78. The lowest BCUT2D eigenvalue weighted by molar-refractivity contribution is -0.172. The molecule has 2 saturated heterocycles. The Labute approximate surface area is 181 Å². The Bertz CT molecular complexity index is 946. The molecule has 150 valence electrons. The molecule has 2 aromatic rings. The molecule has 29 heavy (non-hydrogen) atoms. The number of benzene rings is 2. The van der Waals surface area contributed by atoms with E-state index in [0.29, 0.717) is 11.6 Å². The minimum atomic E-state index is -0.777. The minimum absolute atomic E-state index is 0.0524. The van der Waals surface area contributed by atoms with E-state index < -0.39 is 23.4 Å². The van der Waals surface area contributed by atoms with E-state index in [1.165, 1.54) is 0 Å². The highest BCUT2D eigenvalue weighted by Crippen LogP contribution is 2.49. The van der Waals surface area contributed by atoms with Gasteiger partial charge in [0.05, 0.1) is 18.9 Å². The third-order valence-corrected chi connectivity index (χ3v) is 6.20. The summed E-state index contributed by atoms with van der Waals surface area (Å²) in [6.07, 6.45) is 0.105. The van der Waals surface area contributed by atoms with Gasteiger partial charge in [-0.25, -0.2) is 4.79 Å². The summed E-state index contributed by atoms with van der Waals surface area (Å²) in [7, 11) is 0. The molecule has 6 nitrogen and oxygen atoms in total. The van der Waals surface area contributed by atoms with Crippen LogP contribution in [0.15, 0.2) is 53.0 Å². The van der Waals surface area contributed by atoms with E-state index in [9.17, 15) is 14.4 Å². The van der Waals surface area contributed by atoms with Crippen LogP contribution in [0.5, 0.6) is 0 Å². The van der Waals surface area contributed by atoms with Crippen molar-refractivity contribution in [2.24, 2.45) is 5.41 Å². The summed E-state index contributed by atoms with van der Waals surface area (Å²) in [5, 5.41) is 3.48. The van der Waals surface area contributed by atoms with Gasteiger partial charge in [-0.05, 0) is 35.4 Å². The van der Waals surface area contributed by atoms with Gasteiger partial charge in [0, 0.05) is 28.0 Å². The van der Waals surface area contributed by atoms with E-state index >= 15 is 0 Å². The second-order valence-electron chi connectivity index (χ2n) is 7.43. The van der Waals surface area contributed by atoms with Crippen molar-refractivity contribution in [3.8, 4) is 0 Å². The van der Waals surface area contributed by atoms with Gasteiger partial charge in [-0.1, -0.05) is 51.8 Å². The number of nitrogens with zero attached hydrogens (tertiary/aromatic N) is 1. The number of carbonyl (C=O) groups is 3. The molecule has 0 aromatic heterocycles. The summed E-state index contributed by atoms with van der Waals surface area (Å²) in [5.41, 5.74) is 0.980. The molecule has 2 aliphatic rings. The van der Waals surface area contributed by atoms with Crippen LogP contribution in [-0.2, 0) is 20.9 Å². The van der Waals surface area contributed by atoms with E-state index in [0.717, 1.165) is 15.6 Å². The summed E-state index contributed by atoms with van der Waals surface area (Å²) in [4.78, 5) is 38.9. The number of urea groups is 1. The van der Waals surface area contributed by atoms with E-state index in [1.807, 2.05) is 36.4 Å². The van der Waals surface area contributed by atoms with Crippen molar-refractivity contribution >= 4 is 45.5 Å². The SMILES string of the molecule is O=C1CC2(CNC(=O)N(Cc3ccc(Cl)cc3)C2c2ccc(Br)cc2)CC(=O)O1. The van der Waals surface area contributed by atoms with E-state index in [4.69, 9.17) is 16.3 Å². The standard InChI is InChI=1S/C21H18BrClN2O4/c22-15-5-3-14(4-6-15)19-21(9-17(26)29-18(27)10-21)12-24-20(28)25(19)11-13-1-7-16(23)8-2-13/h1-8,19H,9-12H2,(H,24,28). The van der Waals surface area contributed by atoms with Gasteiger partial charge >= 0.3 is 18.0 Å². The van der Waals surface area contributed by atoms with Crippen molar-refractivity contribution in [2.75, 3.05) is 6.54 Å². The van der Waals surface area contributed by atoms with E-state index in [1.54, 1.807) is 17.0 Å². The van der Waals surface area contributed by atoms with Gasteiger partial charge in [0.2, 0.25) is 0 Å². The summed E-state index contributed by atoms with van der Waals surface area (Å²) in [6.45, 7) is 0.541. The number of amides is 2. The normalized spacial score (nSPS) is 21.1. The van der Waals surface area contributed by atoms with Crippen LogP contribution in [0.2, 0.25) is 5.02 Å². The number of ether oxygens (including phenoxy) is 1. The number of rotatable bonds is 3. The van der Waals surface area contributed by atoms with Gasteiger partial charge in [0.25, 0.3) is 0 Å². The fraction of sp³-hybridized carbons (Fsp3) is 0.286. The molecule has 2 amide bonds. The number of cyclic esters (lactones) is 2. The number of nitrogens with one attached hydrogen (secondary N) is 1. The van der Waals surface area contributed by atoms with Gasteiger partial charge in [-0.2, -0.15) is 0 Å². The van der Waals surface area contributed by atoms with Crippen LogP contribution in [0.1, 0.15) is 30.0 Å². The molecule has 2 fully saturated rings. The van der Waals surface area contributed by atoms with Crippen LogP contribution in [0.25, 0.3) is 0 Å². The lowest BCUT2D eigenvalue weighted by Crippen LogP contribution is -2.60. The first-order valence-corrected chi connectivity index (χ1v) is 10.3. The summed E-state index contributed by atoms with van der Waals surface area (Å²) in [6, 6.07) is 14.1. The molecule has 0 saturated carbocycles. The lowest BCUT2D eigenvalue weighted by Gasteiger charge is -2.50. The molecule has 1 atom stereocenters. The number of carbonyl (C=O) groups excluding carboxylic acids is 3. The van der Waals surface area contributed by atoms with Crippen LogP contribution in [0.3, 0.4) is 0 Å². The Morgan fingerprint density at radius 2 is 1.66 bits per heavy atom. The summed E-state index contributed by atoms with van der Waals surface area (Å²) >= 11 is 9.41. The molecular formula is C21H18BrClN2O4. The van der Waals surface area contributed by atoms with Crippen molar-refractivity contribution in [3.05, 3.63) is 69.2 Å². The molecule has 2 aromatic carbocycles. The zero-order valence-electron chi connectivity index (χ0n) is 15.4. The Morgan fingerprint density at radius 3 is 2.28 bits per heavy atom. The van der Waals surface area contributed by atoms with E-state index in [2.05, 4.69) is 21.2 Å². The highest BCUT2D eigenvalue weighted by molar-refractivity contribution is 9.10. The van der Waals surface area contributed by atoms with Crippen LogP contribution in [0.4, 0.5) is 4.79 Å². The van der Waals surface area contributed by atoms with Crippen LogP contribution in [0, 0.1) is 5.41 Å². The van der Waals surface area contributed by atoms with Crippen molar-refractivity contribution < 1.29 is 19.1 Å². The van der Waals surface area contributed by atoms with Crippen LogP contribution < -0.4 is 5.32 Å². The fourth-order valence-corrected chi connectivity index (χ4v) is 4.57. The van der Waals surface area contributed by atoms with Crippen LogP contribution >= 0.6 is 27.5 Å². The fourth-order valence-electron chi connectivity index (χ4n) is 4.18. The number of hydrogen-bond acceptors (Lipinski definition) is 4. The monoisotopic (exact) mass is 476 g/mol. The van der Waals surface area contributed by atoms with Gasteiger partial charge in [0.15, 0.2) is 0 Å². The van der Waals surface area contributed by atoms with Gasteiger partial charge in [-0.15, -0.1) is 0 Å². The lowest BCUT2D eigenvalue weighted by atomic mass is 9.69. The first kappa shape index (κ1) is 19.9. The molecule has 1 spiro atoms. The number of hydrogen-bond donors (Lipinski definition) is 1. The topological polar surface area (TPSA) is 75.7 Å². The van der Waals surface area contributed by atoms with Gasteiger partial charge in [0.1, 0.15) is 0 Å². The second kappa shape index (κ2) is 7.80. The highest BCUT2D eigenvalue weighted by atomic mass is 79.9. The van der Waals surface area contributed by atoms with Crippen LogP contribution in [-0.4, -0.2) is 29.4 Å². The molecule has 4 rings (SSSR count). The number of esters is 2. The summed E-state index contributed by atoms with van der Waals surface area (Å²) in [5.74, 6) is -1.13. The smallest absolute Gasteiger partial charge is 0.318 e. The average Bonchev–Trinajstić information content (AvgIpc) is 2.67. The molecule has 0 bridgehead atoms. The van der Waals surface area contributed by atoms with Crippen molar-refractivity contribution in [3.63, 3.8) is 0 Å². The van der Waals surface area contributed by atoms with Crippen molar-refractivity contribution in [2.45, 2.75) is 25.4 Å². The molecule has 0 radical (unpaired) electrons. The average molecular weight is 478 g/mol. The molecule has 1 N–H and O–H groups in total. The first-order chi connectivity index (χ1) is 13.9. The molecule has 8 heteroatoms. The first-order valence-electron chi connectivity index (χ1n) is 9.14. The molecular weight excluding hydrogens is 460 g/mol. The minimum Gasteiger partial charge on any atom is -0.393 e. The third kappa shape index (κ3) is 4.02. The molecule has 0 aliphatic carbocycles. The zero-order valence-corrected chi connectivity index (χ0v) is 17.7. The Hall–Kier alpha value is -2.38. The van der Waals surface area contributed by atoms with Crippen molar-refractivity contribution in [1.82, 2.24) is 10.2 Å². The maximum atomic E-state index is 12.9. The second-order valence-corrected chi connectivity index (χ2v) is 8.78. The predicted octanol–water partition coefficient (Wildman–Crippen LogP) is 4.22. The largest absolute Gasteiger partial charge is 0.393 e. The Morgan fingerprint density at radius 1 is 1.03 bits per heavy atom. The molecule has 2 aliphatic heterocycles. The quantitative estimate of drug-likeness (QED) is 0.530. The van der Waals surface area contributed by atoms with Crippen molar-refractivity contribution in [1.29, 1.82) is 0 Å². The summed E-state index contributed by atoms with van der Waals surface area (Å²) < 4.78 is 5.68. The van der Waals surface area contributed by atoms with Gasteiger partial charge in [-0.3, -0.25) is 9.59 Å². The maximum absolute atomic E-state index is 12.9. The van der Waals surface area contributed by atoms with E-state index in [-0.39, 0.29) is 25.4 Å². The maximum Gasteiger partial charge on any atom is 0.318 e. The van der Waals surface area contributed by atoms with Gasteiger partial charge < -0.3 is 15.0 Å². The Kier molecular flexibility index (Phi) is 5.36.